The summed E-state index contributed by atoms with van der Waals surface area (Å²) in [4.78, 5) is 8.66. The Labute approximate surface area is 111 Å². The number of hydrogen-bond donors (Lipinski definition) is 1. The second-order valence-corrected chi connectivity index (χ2v) is 4.42. The van der Waals surface area contributed by atoms with Crippen LogP contribution in [0.25, 0.3) is 0 Å². The Morgan fingerprint density at radius 2 is 2.17 bits per heavy atom. The van der Waals surface area contributed by atoms with Gasteiger partial charge in [0, 0.05) is 25.2 Å². The zero-order chi connectivity index (χ0) is 13.1. The molecule has 2 aromatic heterocycles. The van der Waals surface area contributed by atoms with Crippen molar-refractivity contribution in [3.05, 3.63) is 34.5 Å². The van der Waals surface area contributed by atoms with Gasteiger partial charge in [0.15, 0.2) is 0 Å². The molecule has 2 rings (SSSR count). The number of anilines is 1. The van der Waals surface area contributed by atoms with E-state index in [1.165, 1.54) is 0 Å². The van der Waals surface area contributed by atoms with Gasteiger partial charge in [0.1, 0.15) is 16.8 Å². The molecule has 0 saturated heterocycles. The van der Waals surface area contributed by atoms with Gasteiger partial charge in [-0.25, -0.2) is 9.97 Å². The summed E-state index contributed by atoms with van der Waals surface area (Å²) in [7, 11) is 1.91. The topological polar surface area (TPSA) is 55.6 Å². The predicted molar refractivity (Wildman–Crippen MR) is 71.7 cm³/mol. The van der Waals surface area contributed by atoms with E-state index in [-0.39, 0.29) is 0 Å². The molecule has 0 aliphatic heterocycles. The summed E-state index contributed by atoms with van der Waals surface area (Å²) >= 11 is 6.08. The molecule has 18 heavy (non-hydrogen) atoms. The fourth-order valence-electron chi connectivity index (χ4n) is 1.61. The summed E-state index contributed by atoms with van der Waals surface area (Å²) in [6.45, 7) is 4.58. The predicted octanol–water partition coefficient (Wildman–Crippen LogP) is 2.35. The van der Waals surface area contributed by atoms with Crippen LogP contribution in [0.1, 0.15) is 24.0 Å². The van der Waals surface area contributed by atoms with E-state index in [2.05, 4.69) is 20.4 Å². The zero-order valence-electron chi connectivity index (χ0n) is 10.7. The highest BCUT2D eigenvalue weighted by atomic mass is 35.5. The fraction of sp³-hybridized carbons (Fsp3) is 0.417. The number of halogens is 1. The van der Waals surface area contributed by atoms with E-state index in [1.54, 1.807) is 6.20 Å². The van der Waals surface area contributed by atoms with E-state index in [9.17, 15) is 0 Å². The van der Waals surface area contributed by atoms with Gasteiger partial charge in [-0.15, -0.1) is 0 Å². The number of aryl methyl sites for hydroxylation is 2. The van der Waals surface area contributed by atoms with Gasteiger partial charge in [0.05, 0.1) is 12.2 Å². The summed E-state index contributed by atoms with van der Waals surface area (Å²) < 4.78 is 1.83. The molecule has 5 nitrogen and oxygen atoms in total. The van der Waals surface area contributed by atoms with Crippen molar-refractivity contribution < 1.29 is 0 Å². The first-order valence-corrected chi connectivity index (χ1v) is 6.23. The molecule has 0 unspecified atom stereocenters. The fourth-order valence-corrected chi connectivity index (χ4v) is 1.80. The van der Waals surface area contributed by atoms with E-state index in [0.717, 1.165) is 29.3 Å². The zero-order valence-corrected chi connectivity index (χ0v) is 11.5. The normalized spacial score (nSPS) is 10.7. The molecule has 0 aliphatic carbocycles. The maximum absolute atomic E-state index is 6.08. The largest absolute Gasteiger partial charge is 0.364 e. The summed E-state index contributed by atoms with van der Waals surface area (Å²) in [6.07, 6.45) is 2.54. The molecule has 0 fully saturated rings. The van der Waals surface area contributed by atoms with Crippen LogP contribution in [0.2, 0.25) is 5.15 Å². The van der Waals surface area contributed by atoms with Crippen LogP contribution in [0.3, 0.4) is 0 Å². The van der Waals surface area contributed by atoms with Gasteiger partial charge in [-0.1, -0.05) is 18.5 Å². The van der Waals surface area contributed by atoms with Gasteiger partial charge in [-0.05, 0) is 13.0 Å². The molecule has 0 radical (unpaired) electrons. The Hall–Kier alpha value is -1.62. The van der Waals surface area contributed by atoms with Crippen molar-refractivity contribution in [2.45, 2.75) is 26.8 Å². The highest BCUT2D eigenvalue weighted by Crippen LogP contribution is 2.20. The summed E-state index contributed by atoms with van der Waals surface area (Å²) in [5.74, 6) is 1.53. The van der Waals surface area contributed by atoms with Gasteiger partial charge < -0.3 is 5.32 Å². The smallest absolute Gasteiger partial charge is 0.137 e. The standard InChI is InChI=1S/C12H16ClN5/c1-4-10-16-11(13)8(2)12(17-10)14-7-9-5-6-15-18(9)3/h5-6H,4,7H2,1-3H3,(H,14,16,17). The average Bonchev–Trinajstić information content (AvgIpc) is 2.76. The second kappa shape index (κ2) is 5.35. The number of nitrogens with zero attached hydrogens (tertiary/aromatic N) is 4. The summed E-state index contributed by atoms with van der Waals surface area (Å²) in [6, 6.07) is 1.96. The van der Waals surface area contributed by atoms with Gasteiger partial charge in [-0.3, -0.25) is 4.68 Å². The van der Waals surface area contributed by atoms with E-state index in [0.29, 0.717) is 11.7 Å². The Bertz CT molecular complexity index is 549. The third-order valence-electron chi connectivity index (χ3n) is 2.81. The lowest BCUT2D eigenvalue weighted by Crippen LogP contribution is -2.09. The third-order valence-corrected chi connectivity index (χ3v) is 3.18. The van der Waals surface area contributed by atoms with E-state index >= 15 is 0 Å². The quantitative estimate of drug-likeness (QED) is 0.862. The van der Waals surface area contributed by atoms with E-state index in [4.69, 9.17) is 11.6 Å². The van der Waals surface area contributed by atoms with Crippen LogP contribution < -0.4 is 5.32 Å². The highest BCUT2D eigenvalue weighted by molar-refractivity contribution is 6.30. The summed E-state index contributed by atoms with van der Waals surface area (Å²) in [5, 5.41) is 7.90. The Balaban J connectivity index is 2.18. The van der Waals surface area contributed by atoms with Gasteiger partial charge in [0.25, 0.3) is 0 Å². The third kappa shape index (κ3) is 2.61. The Morgan fingerprint density at radius 3 is 2.78 bits per heavy atom. The lowest BCUT2D eigenvalue weighted by molar-refractivity contribution is 0.719. The molecule has 0 aliphatic rings. The number of rotatable bonds is 4. The molecule has 0 saturated carbocycles. The highest BCUT2D eigenvalue weighted by Gasteiger charge is 2.08. The van der Waals surface area contributed by atoms with Crippen molar-refractivity contribution in [1.29, 1.82) is 0 Å². The van der Waals surface area contributed by atoms with Crippen molar-refractivity contribution in [2.24, 2.45) is 7.05 Å². The second-order valence-electron chi connectivity index (χ2n) is 4.06. The molecule has 0 atom stereocenters. The van der Waals surface area contributed by atoms with Gasteiger partial charge in [-0.2, -0.15) is 5.10 Å². The molecule has 1 N–H and O–H groups in total. The lowest BCUT2D eigenvalue weighted by Gasteiger charge is -2.11. The molecule has 96 valence electrons. The minimum atomic E-state index is 0.509. The van der Waals surface area contributed by atoms with Gasteiger partial charge in [0.2, 0.25) is 0 Å². The molecule has 0 aromatic carbocycles. The maximum atomic E-state index is 6.08. The first-order chi connectivity index (χ1) is 8.61. The number of aromatic nitrogens is 4. The lowest BCUT2D eigenvalue weighted by atomic mass is 10.3. The van der Waals surface area contributed by atoms with Crippen LogP contribution >= 0.6 is 11.6 Å². The van der Waals surface area contributed by atoms with Crippen LogP contribution in [0.15, 0.2) is 12.3 Å². The SMILES string of the molecule is CCc1nc(Cl)c(C)c(NCc2ccnn2C)n1. The van der Waals surface area contributed by atoms with Crippen molar-refractivity contribution >= 4 is 17.4 Å². The Kier molecular flexibility index (Phi) is 3.81. The minimum Gasteiger partial charge on any atom is -0.364 e. The minimum absolute atomic E-state index is 0.509. The maximum Gasteiger partial charge on any atom is 0.137 e. The van der Waals surface area contributed by atoms with Crippen LogP contribution in [0, 0.1) is 6.92 Å². The number of nitrogens with one attached hydrogen (secondary N) is 1. The van der Waals surface area contributed by atoms with Crippen LogP contribution in [0.5, 0.6) is 0 Å². The molecule has 2 heterocycles. The van der Waals surface area contributed by atoms with E-state index < -0.39 is 0 Å². The average molecular weight is 266 g/mol. The monoisotopic (exact) mass is 265 g/mol. The first kappa shape index (κ1) is 12.8. The van der Waals surface area contributed by atoms with Crippen LogP contribution in [-0.4, -0.2) is 19.7 Å². The molecule has 0 spiro atoms. The molecule has 0 bridgehead atoms. The van der Waals surface area contributed by atoms with E-state index in [1.807, 2.05) is 31.6 Å². The van der Waals surface area contributed by atoms with Crippen molar-refractivity contribution in [2.75, 3.05) is 5.32 Å². The molecular formula is C12H16ClN5. The van der Waals surface area contributed by atoms with Crippen LogP contribution in [-0.2, 0) is 20.0 Å². The van der Waals surface area contributed by atoms with Crippen molar-refractivity contribution in [3.63, 3.8) is 0 Å². The molecule has 2 aromatic rings. The molecule has 6 heteroatoms. The van der Waals surface area contributed by atoms with Crippen molar-refractivity contribution in [1.82, 2.24) is 19.7 Å². The molecular weight excluding hydrogens is 250 g/mol. The van der Waals surface area contributed by atoms with Gasteiger partial charge >= 0.3 is 0 Å². The Morgan fingerprint density at radius 1 is 1.39 bits per heavy atom. The first-order valence-electron chi connectivity index (χ1n) is 5.85. The van der Waals surface area contributed by atoms with Crippen molar-refractivity contribution in [3.8, 4) is 0 Å². The molecule has 0 amide bonds. The van der Waals surface area contributed by atoms with Crippen LogP contribution in [0.4, 0.5) is 5.82 Å². The number of hydrogen-bond acceptors (Lipinski definition) is 4. The summed E-state index contributed by atoms with van der Waals surface area (Å²) in [5.41, 5.74) is 1.96.